The van der Waals surface area contributed by atoms with Gasteiger partial charge in [-0.1, -0.05) is 23.7 Å². The molecule has 2 N–H and O–H groups in total. The van der Waals surface area contributed by atoms with E-state index < -0.39 is 5.91 Å². The van der Waals surface area contributed by atoms with Crippen molar-refractivity contribution in [3.63, 3.8) is 0 Å². The van der Waals surface area contributed by atoms with E-state index in [0.29, 0.717) is 33.4 Å². The zero-order chi connectivity index (χ0) is 18.8. The fourth-order valence-corrected chi connectivity index (χ4v) is 2.81. The second-order valence-corrected chi connectivity index (χ2v) is 6.15. The second kappa shape index (κ2) is 7.01. The van der Waals surface area contributed by atoms with Crippen molar-refractivity contribution in [1.29, 1.82) is 0 Å². The van der Waals surface area contributed by atoms with Gasteiger partial charge in [0.25, 0.3) is 5.91 Å². The summed E-state index contributed by atoms with van der Waals surface area (Å²) in [5.41, 5.74) is 7.05. The number of hydrogen-bond acceptors (Lipinski definition) is 5. The minimum absolute atomic E-state index is 0.265. The average molecular weight is 377 g/mol. The number of nitrogens with two attached hydrogens (primary N) is 1. The number of aromatic nitrogens is 3. The molecule has 0 radical (unpaired) electrons. The molecule has 0 aliphatic carbocycles. The number of carbonyl (C=O) groups excluding carboxylic acids is 1. The number of hydrogen-bond donors (Lipinski definition) is 1. The quantitative estimate of drug-likeness (QED) is 0.575. The first-order valence-electron chi connectivity index (χ1n) is 8.06. The number of amides is 1. The first-order valence-corrected chi connectivity index (χ1v) is 8.44. The van der Waals surface area contributed by atoms with Gasteiger partial charge >= 0.3 is 0 Å². The summed E-state index contributed by atoms with van der Waals surface area (Å²) < 4.78 is 5.97. The molecule has 0 saturated heterocycles. The standard InChI is InChI=1S/C20H13ClN4O2/c21-13-7-8-14-16(10-13)24-19(12-4-3-9-23-11-12)25-20(14)27-17-6-2-1-5-15(17)18(22)26/h1-11H,(H2,22,26). The Morgan fingerprint density at radius 3 is 2.67 bits per heavy atom. The summed E-state index contributed by atoms with van der Waals surface area (Å²) in [5.74, 6) is 0.463. The summed E-state index contributed by atoms with van der Waals surface area (Å²) in [7, 11) is 0. The van der Waals surface area contributed by atoms with Crippen LogP contribution in [-0.4, -0.2) is 20.9 Å². The van der Waals surface area contributed by atoms with Crippen molar-refractivity contribution >= 4 is 28.4 Å². The van der Waals surface area contributed by atoms with Gasteiger partial charge in [0.2, 0.25) is 5.88 Å². The predicted octanol–water partition coefficient (Wildman–Crippen LogP) is 4.24. The molecule has 1 amide bonds. The molecule has 0 aliphatic heterocycles. The number of ether oxygens (including phenoxy) is 1. The molecule has 7 heteroatoms. The van der Waals surface area contributed by atoms with Crippen molar-refractivity contribution in [3.8, 4) is 23.0 Å². The SMILES string of the molecule is NC(=O)c1ccccc1Oc1nc(-c2cccnc2)nc2cc(Cl)ccc12. The van der Waals surface area contributed by atoms with Crippen LogP contribution in [0, 0.1) is 0 Å². The summed E-state index contributed by atoms with van der Waals surface area (Å²) >= 11 is 6.12. The van der Waals surface area contributed by atoms with E-state index in [1.165, 1.54) is 0 Å². The number of halogens is 1. The molecule has 2 aromatic carbocycles. The van der Waals surface area contributed by atoms with Crippen molar-refractivity contribution in [2.24, 2.45) is 5.73 Å². The molecule has 0 spiro atoms. The summed E-state index contributed by atoms with van der Waals surface area (Å²) in [6.45, 7) is 0. The molecule has 6 nitrogen and oxygen atoms in total. The van der Waals surface area contributed by atoms with Crippen LogP contribution in [0.4, 0.5) is 0 Å². The van der Waals surface area contributed by atoms with E-state index in [4.69, 9.17) is 22.1 Å². The van der Waals surface area contributed by atoms with Crippen LogP contribution in [0.1, 0.15) is 10.4 Å². The number of primary amides is 1. The summed E-state index contributed by atoms with van der Waals surface area (Å²) in [6.07, 6.45) is 3.33. The maximum atomic E-state index is 11.7. The third kappa shape index (κ3) is 3.43. The molecule has 0 bridgehead atoms. The molecule has 4 rings (SSSR count). The number of rotatable bonds is 4. The van der Waals surface area contributed by atoms with Crippen LogP contribution in [0.25, 0.3) is 22.3 Å². The molecule has 0 atom stereocenters. The van der Waals surface area contributed by atoms with Gasteiger partial charge in [-0.05, 0) is 42.5 Å². The van der Waals surface area contributed by atoms with Crippen LogP contribution in [0.2, 0.25) is 5.02 Å². The van der Waals surface area contributed by atoms with Gasteiger partial charge in [0, 0.05) is 23.0 Å². The molecule has 2 heterocycles. The first kappa shape index (κ1) is 16.9. The van der Waals surface area contributed by atoms with Gasteiger partial charge in [0.1, 0.15) is 5.75 Å². The monoisotopic (exact) mass is 376 g/mol. The molecular formula is C20H13ClN4O2. The lowest BCUT2D eigenvalue weighted by atomic mass is 10.2. The van der Waals surface area contributed by atoms with Crippen molar-refractivity contribution < 1.29 is 9.53 Å². The van der Waals surface area contributed by atoms with Crippen molar-refractivity contribution in [2.75, 3.05) is 0 Å². The van der Waals surface area contributed by atoms with Gasteiger partial charge in [0.05, 0.1) is 16.5 Å². The highest BCUT2D eigenvalue weighted by molar-refractivity contribution is 6.31. The molecule has 4 aromatic rings. The van der Waals surface area contributed by atoms with E-state index in [2.05, 4.69) is 15.0 Å². The van der Waals surface area contributed by atoms with E-state index >= 15 is 0 Å². The lowest BCUT2D eigenvalue weighted by Gasteiger charge is -2.12. The lowest BCUT2D eigenvalue weighted by Crippen LogP contribution is -2.12. The third-order valence-electron chi connectivity index (χ3n) is 3.90. The van der Waals surface area contributed by atoms with Crippen molar-refractivity contribution in [2.45, 2.75) is 0 Å². The maximum Gasteiger partial charge on any atom is 0.252 e. The van der Waals surface area contributed by atoms with Crippen LogP contribution in [0.5, 0.6) is 11.6 Å². The normalized spacial score (nSPS) is 10.7. The summed E-state index contributed by atoms with van der Waals surface area (Å²) in [5, 5.41) is 1.20. The lowest BCUT2D eigenvalue weighted by molar-refractivity contribution is 0.0998. The summed E-state index contributed by atoms with van der Waals surface area (Å²) in [4.78, 5) is 24.9. The Morgan fingerprint density at radius 2 is 1.89 bits per heavy atom. The molecule has 132 valence electrons. The zero-order valence-electron chi connectivity index (χ0n) is 14.0. The van der Waals surface area contributed by atoms with Crippen molar-refractivity contribution in [1.82, 2.24) is 15.0 Å². The number of para-hydroxylation sites is 1. The number of fused-ring (bicyclic) bond motifs is 1. The van der Waals surface area contributed by atoms with Gasteiger partial charge in [0.15, 0.2) is 5.82 Å². The fraction of sp³-hybridized carbons (Fsp3) is 0. The van der Waals surface area contributed by atoms with E-state index in [1.54, 1.807) is 60.9 Å². The van der Waals surface area contributed by atoms with E-state index in [-0.39, 0.29) is 5.56 Å². The Bertz CT molecular complexity index is 1150. The Labute approximate surface area is 159 Å². The van der Waals surface area contributed by atoms with Crippen LogP contribution < -0.4 is 10.5 Å². The first-order chi connectivity index (χ1) is 13.1. The Hall–Kier alpha value is -3.51. The van der Waals surface area contributed by atoms with Crippen LogP contribution in [0.15, 0.2) is 67.0 Å². The molecular weight excluding hydrogens is 364 g/mol. The van der Waals surface area contributed by atoms with E-state index in [1.807, 2.05) is 6.07 Å². The highest BCUT2D eigenvalue weighted by Crippen LogP contribution is 2.32. The Kier molecular flexibility index (Phi) is 4.40. The molecule has 0 unspecified atom stereocenters. The second-order valence-electron chi connectivity index (χ2n) is 5.72. The van der Waals surface area contributed by atoms with Crippen LogP contribution in [0.3, 0.4) is 0 Å². The highest BCUT2D eigenvalue weighted by atomic mass is 35.5. The molecule has 2 aromatic heterocycles. The average Bonchev–Trinajstić information content (AvgIpc) is 2.68. The van der Waals surface area contributed by atoms with Gasteiger partial charge < -0.3 is 10.5 Å². The molecule has 0 saturated carbocycles. The van der Waals surface area contributed by atoms with E-state index in [0.717, 1.165) is 5.56 Å². The number of nitrogens with zero attached hydrogens (tertiary/aromatic N) is 3. The number of pyridine rings is 1. The van der Waals surface area contributed by atoms with Crippen LogP contribution in [-0.2, 0) is 0 Å². The third-order valence-corrected chi connectivity index (χ3v) is 4.14. The fourth-order valence-electron chi connectivity index (χ4n) is 2.64. The van der Waals surface area contributed by atoms with E-state index in [9.17, 15) is 4.79 Å². The van der Waals surface area contributed by atoms with Gasteiger partial charge in [-0.15, -0.1) is 0 Å². The minimum atomic E-state index is -0.584. The van der Waals surface area contributed by atoms with Crippen molar-refractivity contribution in [3.05, 3.63) is 77.6 Å². The molecule has 0 fully saturated rings. The number of benzene rings is 2. The number of carbonyl (C=O) groups is 1. The van der Waals surface area contributed by atoms with Gasteiger partial charge in [-0.25, -0.2) is 4.98 Å². The Morgan fingerprint density at radius 1 is 1.04 bits per heavy atom. The zero-order valence-corrected chi connectivity index (χ0v) is 14.7. The largest absolute Gasteiger partial charge is 0.437 e. The maximum absolute atomic E-state index is 11.7. The topological polar surface area (TPSA) is 91.0 Å². The van der Waals surface area contributed by atoms with Gasteiger partial charge in [-0.2, -0.15) is 4.98 Å². The Balaban J connectivity index is 1.90. The predicted molar refractivity (Wildman–Crippen MR) is 103 cm³/mol. The molecule has 0 aliphatic rings. The highest BCUT2D eigenvalue weighted by Gasteiger charge is 2.15. The minimum Gasteiger partial charge on any atom is -0.437 e. The van der Waals surface area contributed by atoms with Gasteiger partial charge in [-0.3, -0.25) is 9.78 Å². The summed E-state index contributed by atoms with van der Waals surface area (Å²) in [6, 6.07) is 15.6. The smallest absolute Gasteiger partial charge is 0.252 e. The molecule has 27 heavy (non-hydrogen) atoms. The van der Waals surface area contributed by atoms with Crippen LogP contribution >= 0.6 is 11.6 Å².